The number of aliphatic hydroxyl groups excluding tert-OH is 1. The SMILES string of the molecule is CNC(=O)[C@H](CC(=O)O)NC(=O)[C@H](C)NC(=O)[C@H](CO)NC(=O)[C@H](CCCNC(=N)N)NC(=O)[C@H](CCCNC(=N)N)NC(=O)[C@H](CCCCN)NC(=O)[C@H](CCC(=O)O)NC(=O)[C@H](CCCNC(=N)N)NC(=O)[C@H](C)NC. The highest BCUT2D eigenvalue weighted by atomic mass is 16.4. The minimum atomic E-state index is -1.77. The zero-order chi connectivity index (χ0) is 59.5. The van der Waals surface area contributed by atoms with E-state index in [9.17, 15) is 63.0 Å². The maximum Gasteiger partial charge on any atom is 0.305 e. The van der Waals surface area contributed by atoms with Gasteiger partial charge in [-0.2, -0.15) is 0 Å². The smallest absolute Gasteiger partial charge is 0.305 e. The average molecular weight is 1120 g/mol. The fraction of sp³-hybridized carbons (Fsp3) is 0.682. The van der Waals surface area contributed by atoms with Gasteiger partial charge in [0.1, 0.15) is 48.3 Å². The Morgan fingerprint density at radius 3 is 1.09 bits per heavy atom. The second-order valence-electron chi connectivity index (χ2n) is 17.7. The topological polar surface area (TPSA) is 580 Å². The van der Waals surface area contributed by atoms with Crippen LogP contribution in [0.5, 0.6) is 0 Å². The van der Waals surface area contributed by atoms with Crippen LogP contribution in [0.25, 0.3) is 0 Å². The third-order valence-corrected chi connectivity index (χ3v) is 11.4. The molecule has 0 saturated heterocycles. The quantitative estimate of drug-likeness (QED) is 0.0154. The molecule has 9 amide bonds. The van der Waals surface area contributed by atoms with Crippen LogP contribution >= 0.6 is 0 Å². The molecule has 0 unspecified atom stereocenters. The molecule has 442 valence electrons. The van der Waals surface area contributed by atoms with Crippen LogP contribution in [0.3, 0.4) is 0 Å². The molecule has 0 radical (unpaired) electrons. The number of likely N-dealkylation sites (N-methyl/N-ethyl adjacent to an activating group) is 2. The van der Waals surface area contributed by atoms with Crippen LogP contribution in [-0.4, -0.2) is 200 Å². The number of unbranched alkanes of at least 4 members (excludes halogenated alkanes) is 1. The summed E-state index contributed by atoms with van der Waals surface area (Å²) in [7, 11) is 2.72. The lowest BCUT2D eigenvalue weighted by Gasteiger charge is -2.28. The molecule has 0 saturated carbocycles. The van der Waals surface area contributed by atoms with E-state index >= 15 is 0 Å². The van der Waals surface area contributed by atoms with Gasteiger partial charge in [0.15, 0.2) is 17.9 Å². The Balaban J connectivity index is 6.90. The summed E-state index contributed by atoms with van der Waals surface area (Å²) in [5.74, 6) is -12.4. The molecule has 0 aliphatic carbocycles. The summed E-state index contributed by atoms with van der Waals surface area (Å²) in [6.07, 6.45) is -1.58. The highest BCUT2D eigenvalue weighted by Crippen LogP contribution is 2.10. The van der Waals surface area contributed by atoms with Gasteiger partial charge in [0.25, 0.3) is 0 Å². The van der Waals surface area contributed by atoms with Crippen molar-refractivity contribution in [3.63, 3.8) is 0 Å². The van der Waals surface area contributed by atoms with Gasteiger partial charge in [0, 0.05) is 33.1 Å². The molecule has 0 spiro atoms. The normalized spacial score (nSPS) is 14.2. The van der Waals surface area contributed by atoms with Crippen LogP contribution in [0.2, 0.25) is 0 Å². The molecule has 78 heavy (non-hydrogen) atoms. The predicted molar refractivity (Wildman–Crippen MR) is 280 cm³/mol. The fourth-order valence-electron chi connectivity index (χ4n) is 6.91. The molecule has 0 aliphatic heterocycles. The van der Waals surface area contributed by atoms with E-state index in [1.54, 1.807) is 0 Å². The Hall–Kier alpha value is -8.14. The number of hydrogen-bond acceptors (Lipinski definition) is 17. The van der Waals surface area contributed by atoms with Crippen molar-refractivity contribution >= 4 is 83.0 Å². The van der Waals surface area contributed by atoms with Crippen LogP contribution in [-0.2, 0) is 52.7 Å². The van der Waals surface area contributed by atoms with Crippen LogP contribution in [0.15, 0.2) is 0 Å². The first-order valence-corrected chi connectivity index (χ1v) is 25.0. The van der Waals surface area contributed by atoms with Crippen LogP contribution in [0, 0.1) is 16.2 Å². The predicted octanol–water partition coefficient (Wildman–Crippen LogP) is -8.51. The molecular formula is C44H82N20O14. The van der Waals surface area contributed by atoms with Gasteiger partial charge in [-0.15, -0.1) is 0 Å². The second kappa shape index (κ2) is 38.4. The lowest BCUT2D eigenvalue weighted by atomic mass is 10.0. The summed E-state index contributed by atoms with van der Waals surface area (Å²) >= 11 is 0. The van der Waals surface area contributed by atoms with Crippen LogP contribution < -0.4 is 92.1 Å². The van der Waals surface area contributed by atoms with Crippen molar-refractivity contribution in [3.8, 4) is 0 Å². The third-order valence-electron chi connectivity index (χ3n) is 11.4. The van der Waals surface area contributed by atoms with E-state index in [2.05, 4.69) is 69.1 Å². The van der Waals surface area contributed by atoms with Gasteiger partial charge in [0.2, 0.25) is 53.2 Å². The number of aliphatic hydroxyl groups is 1. The molecular weight excluding hydrogens is 1030 g/mol. The molecule has 0 aromatic heterocycles. The first-order chi connectivity index (χ1) is 36.7. The molecule has 27 N–H and O–H groups in total. The number of carboxylic acids is 2. The van der Waals surface area contributed by atoms with Crippen LogP contribution in [0.4, 0.5) is 0 Å². The Kier molecular flexibility index (Phi) is 34.4. The molecule has 0 bridgehead atoms. The van der Waals surface area contributed by atoms with Crippen molar-refractivity contribution < 1.29 is 68.1 Å². The molecule has 34 heteroatoms. The Morgan fingerprint density at radius 1 is 0.423 bits per heavy atom. The average Bonchev–Trinajstić information content (AvgIpc) is 3.37. The summed E-state index contributed by atoms with van der Waals surface area (Å²) in [4.78, 5) is 144. The number of rotatable bonds is 40. The minimum absolute atomic E-state index is 0.00284. The minimum Gasteiger partial charge on any atom is -0.481 e. The summed E-state index contributed by atoms with van der Waals surface area (Å²) in [6, 6.07) is -12.9. The van der Waals surface area contributed by atoms with Crippen molar-refractivity contribution in [3.05, 3.63) is 0 Å². The third kappa shape index (κ3) is 29.8. The largest absolute Gasteiger partial charge is 0.481 e. The van der Waals surface area contributed by atoms with Gasteiger partial charge in [-0.05, 0) is 91.6 Å². The number of hydrogen-bond donors (Lipinski definition) is 23. The van der Waals surface area contributed by atoms with E-state index in [1.165, 1.54) is 27.9 Å². The molecule has 0 aromatic rings. The Bertz CT molecular complexity index is 2070. The Morgan fingerprint density at radius 2 is 0.756 bits per heavy atom. The monoisotopic (exact) mass is 1110 g/mol. The van der Waals surface area contributed by atoms with E-state index in [-0.39, 0.29) is 83.5 Å². The van der Waals surface area contributed by atoms with Crippen molar-refractivity contribution in [1.29, 1.82) is 16.2 Å². The maximum absolute atomic E-state index is 14.3. The van der Waals surface area contributed by atoms with Crippen molar-refractivity contribution in [2.45, 2.75) is 145 Å². The standard InChI is InChI=1S/C44H82N20O14/c1-22(52-3)33(70)58-25(11-7-17-54-42(46)47)37(74)62-28(14-15-31(66)67)40(77)59-24(10-5-6-16-45)36(73)60-26(12-8-18-55-43(48)49)38(75)61-27(13-9-19-56-44(50)51)39(76)64-30(21-65)41(78)57-23(2)34(71)63-29(20-32(68)69)35(72)53-4/h22-30,52,65H,5-21,45H2,1-4H3,(H,53,72)(H,57,78)(H,58,70)(H,59,77)(H,60,73)(H,61,75)(H,62,74)(H,63,71)(H,64,76)(H,66,67)(H,68,69)(H4,46,47,54)(H4,48,49,55)(H4,50,51,56)/t22-,23-,24-,25-,26-,27-,28-,29-,30-/m0/s1. The van der Waals surface area contributed by atoms with Crippen molar-refractivity contribution in [2.75, 3.05) is 46.9 Å². The fourth-order valence-corrected chi connectivity index (χ4v) is 6.91. The van der Waals surface area contributed by atoms with Gasteiger partial charge in [-0.25, -0.2) is 0 Å². The van der Waals surface area contributed by atoms with Gasteiger partial charge in [-0.1, -0.05) is 0 Å². The first kappa shape index (κ1) is 69.9. The second-order valence-corrected chi connectivity index (χ2v) is 17.7. The molecule has 0 aromatic carbocycles. The molecule has 9 atom stereocenters. The maximum atomic E-state index is 14.3. The summed E-state index contributed by atoms with van der Waals surface area (Å²) < 4.78 is 0. The number of amides is 9. The molecule has 0 fully saturated rings. The van der Waals surface area contributed by atoms with E-state index in [0.29, 0.717) is 6.42 Å². The number of carboxylic acid groups (broad SMARTS) is 2. The molecule has 34 nitrogen and oxygen atoms in total. The highest BCUT2D eigenvalue weighted by molar-refractivity contribution is 5.98. The Labute approximate surface area is 450 Å². The number of nitrogens with one attached hydrogen (secondary N) is 16. The summed E-state index contributed by atoms with van der Waals surface area (Å²) in [6.45, 7) is 1.96. The van der Waals surface area contributed by atoms with Gasteiger partial charge >= 0.3 is 11.9 Å². The zero-order valence-electron chi connectivity index (χ0n) is 44.4. The van der Waals surface area contributed by atoms with Gasteiger partial charge in [0.05, 0.1) is 19.1 Å². The molecule has 0 aliphatic rings. The van der Waals surface area contributed by atoms with E-state index in [0.717, 1.165) is 0 Å². The van der Waals surface area contributed by atoms with Gasteiger partial charge in [-0.3, -0.25) is 69.0 Å². The lowest BCUT2D eigenvalue weighted by Crippen LogP contribution is -2.60. The molecule has 0 heterocycles. The zero-order valence-corrected chi connectivity index (χ0v) is 44.4. The number of guanidine groups is 3. The van der Waals surface area contributed by atoms with Gasteiger partial charge < -0.3 is 107 Å². The van der Waals surface area contributed by atoms with E-state index < -0.39 is 157 Å². The number of nitrogens with two attached hydrogens (primary N) is 4. The number of carbonyl (C=O) groups is 11. The molecule has 0 rings (SSSR count). The number of carbonyl (C=O) groups excluding carboxylic acids is 9. The van der Waals surface area contributed by atoms with Crippen molar-refractivity contribution in [2.24, 2.45) is 22.9 Å². The summed E-state index contributed by atoms with van der Waals surface area (Å²) in [5, 5.41) is 83.2. The lowest BCUT2D eigenvalue weighted by molar-refractivity contribution is -0.141. The summed E-state index contributed by atoms with van der Waals surface area (Å²) in [5.41, 5.74) is 21.9. The first-order valence-electron chi connectivity index (χ1n) is 25.0. The number of aliphatic carboxylic acids is 2. The highest BCUT2D eigenvalue weighted by Gasteiger charge is 2.35. The van der Waals surface area contributed by atoms with Crippen LogP contribution in [0.1, 0.15) is 90.9 Å². The van der Waals surface area contributed by atoms with E-state index in [1.807, 2.05) is 0 Å². The van der Waals surface area contributed by atoms with Crippen molar-refractivity contribution in [1.82, 2.24) is 69.1 Å². The van der Waals surface area contributed by atoms with E-state index in [4.69, 9.17) is 44.3 Å².